The average molecular weight is 263 g/mol. The highest BCUT2D eigenvalue weighted by molar-refractivity contribution is 5.84. The van der Waals surface area contributed by atoms with Crippen LogP contribution in [0.15, 0.2) is 30.3 Å². The zero-order valence-electron chi connectivity index (χ0n) is 10.5. The number of hydrogen-bond acceptors (Lipinski definition) is 3. The molecule has 1 heterocycles. The molecule has 0 spiro atoms. The van der Waals surface area contributed by atoms with Crippen LogP contribution in [0.3, 0.4) is 0 Å². The van der Waals surface area contributed by atoms with Crippen molar-refractivity contribution in [2.24, 2.45) is 0 Å². The largest absolute Gasteiger partial charge is 0.479 e. The molecule has 0 saturated carbocycles. The number of nitrogens with one attached hydrogen (secondary N) is 1. The minimum absolute atomic E-state index is 0.0785. The van der Waals surface area contributed by atoms with Crippen molar-refractivity contribution in [3.05, 3.63) is 35.9 Å². The summed E-state index contributed by atoms with van der Waals surface area (Å²) in [4.78, 5) is 23.1. The lowest BCUT2D eigenvalue weighted by Crippen LogP contribution is -2.35. The summed E-state index contributed by atoms with van der Waals surface area (Å²) in [6.45, 7) is 0.680. The van der Waals surface area contributed by atoms with Gasteiger partial charge in [0, 0.05) is 6.61 Å². The zero-order valence-corrected chi connectivity index (χ0v) is 10.5. The maximum Gasteiger partial charge on any atom is 0.330 e. The molecule has 19 heavy (non-hydrogen) atoms. The summed E-state index contributed by atoms with van der Waals surface area (Å²) < 4.78 is 5.36. The maximum atomic E-state index is 11.8. The van der Waals surface area contributed by atoms with Gasteiger partial charge in [-0.05, 0) is 18.4 Å². The summed E-state index contributed by atoms with van der Waals surface area (Å²) >= 11 is 0. The molecule has 1 unspecified atom stereocenters. The molecule has 2 rings (SSSR count). The van der Waals surface area contributed by atoms with Crippen LogP contribution >= 0.6 is 0 Å². The number of carbonyl (C=O) groups excluding carboxylic acids is 1. The predicted molar refractivity (Wildman–Crippen MR) is 68.6 cm³/mol. The fourth-order valence-electron chi connectivity index (χ4n) is 2.17. The lowest BCUT2D eigenvalue weighted by atomic mass is 10.1. The van der Waals surface area contributed by atoms with Crippen molar-refractivity contribution < 1.29 is 19.4 Å². The first-order chi connectivity index (χ1) is 9.16. The molecule has 5 nitrogen and oxygen atoms in total. The summed E-state index contributed by atoms with van der Waals surface area (Å²) in [6.07, 6.45) is 1.96. The van der Waals surface area contributed by atoms with Crippen LogP contribution in [0.25, 0.3) is 0 Å². The molecule has 2 N–H and O–H groups in total. The summed E-state index contributed by atoms with van der Waals surface area (Å²) in [6, 6.07) is 7.66. The second-order valence-electron chi connectivity index (χ2n) is 4.59. The Morgan fingerprint density at radius 1 is 1.37 bits per heavy atom. The van der Waals surface area contributed by atoms with E-state index in [2.05, 4.69) is 5.32 Å². The molecule has 1 amide bonds. The highest BCUT2D eigenvalue weighted by atomic mass is 16.5. The fraction of sp³-hybridized carbons (Fsp3) is 0.429. The van der Waals surface area contributed by atoms with Crippen molar-refractivity contribution in [3.8, 4) is 0 Å². The molecule has 1 aliphatic rings. The van der Waals surface area contributed by atoms with E-state index in [0.29, 0.717) is 12.2 Å². The summed E-state index contributed by atoms with van der Waals surface area (Å²) in [5, 5.41) is 11.7. The lowest BCUT2D eigenvalue weighted by molar-refractivity contribution is -0.142. The van der Waals surface area contributed by atoms with Gasteiger partial charge in [-0.3, -0.25) is 4.79 Å². The summed E-state index contributed by atoms with van der Waals surface area (Å²) in [7, 11) is 0. The van der Waals surface area contributed by atoms with Gasteiger partial charge in [-0.2, -0.15) is 0 Å². The number of aliphatic carboxylic acids is 1. The van der Waals surface area contributed by atoms with Crippen LogP contribution in [-0.4, -0.2) is 29.7 Å². The monoisotopic (exact) mass is 263 g/mol. The first-order valence-corrected chi connectivity index (χ1v) is 6.35. The summed E-state index contributed by atoms with van der Waals surface area (Å²) in [5.74, 6) is -1.35. The maximum absolute atomic E-state index is 11.8. The van der Waals surface area contributed by atoms with Gasteiger partial charge >= 0.3 is 5.97 Å². The third-order valence-electron chi connectivity index (χ3n) is 3.12. The number of rotatable bonds is 5. The standard InChI is InChI=1S/C14H17NO4/c16-12(9-11-7-4-8-19-11)15-13(14(17)18)10-5-2-1-3-6-10/h1-3,5-6,11,13H,4,7-9H2,(H,15,16)(H,17,18)/t11?,13-/m1/s1. The molecule has 1 aliphatic heterocycles. The van der Waals surface area contributed by atoms with Crippen molar-refractivity contribution in [2.75, 3.05) is 6.61 Å². The van der Waals surface area contributed by atoms with Gasteiger partial charge in [0.25, 0.3) is 0 Å². The summed E-state index contributed by atoms with van der Waals surface area (Å²) in [5.41, 5.74) is 0.565. The van der Waals surface area contributed by atoms with E-state index in [-0.39, 0.29) is 18.4 Å². The molecule has 1 fully saturated rings. The van der Waals surface area contributed by atoms with Crippen LogP contribution in [0.1, 0.15) is 30.9 Å². The van der Waals surface area contributed by atoms with Gasteiger partial charge in [-0.25, -0.2) is 4.79 Å². The Labute approximate surface area is 111 Å². The van der Waals surface area contributed by atoms with E-state index in [9.17, 15) is 14.7 Å². The molecule has 0 bridgehead atoms. The lowest BCUT2D eigenvalue weighted by Gasteiger charge is -2.16. The predicted octanol–water partition coefficient (Wildman–Crippen LogP) is 1.50. The molecule has 1 aromatic carbocycles. The Bertz CT molecular complexity index is 440. The third-order valence-corrected chi connectivity index (χ3v) is 3.12. The van der Waals surface area contributed by atoms with E-state index in [0.717, 1.165) is 12.8 Å². The second kappa shape index (κ2) is 6.33. The van der Waals surface area contributed by atoms with Crippen LogP contribution in [0, 0.1) is 0 Å². The van der Waals surface area contributed by atoms with Gasteiger partial charge in [0.1, 0.15) is 0 Å². The number of benzene rings is 1. The molecule has 5 heteroatoms. The van der Waals surface area contributed by atoms with Crippen LogP contribution in [0.2, 0.25) is 0 Å². The third kappa shape index (κ3) is 3.79. The molecular weight excluding hydrogens is 246 g/mol. The molecule has 0 aliphatic carbocycles. The Balaban J connectivity index is 1.97. The number of amides is 1. The van der Waals surface area contributed by atoms with E-state index in [1.807, 2.05) is 0 Å². The van der Waals surface area contributed by atoms with E-state index in [1.165, 1.54) is 0 Å². The van der Waals surface area contributed by atoms with Crippen LogP contribution < -0.4 is 5.32 Å². The smallest absolute Gasteiger partial charge is 0.330 e. The molecule has 0 radical (unpaired) electrons. The molecule has 2 atom stereocenters. The van der Waals surface area contributed by atoms with Crippen molar-refractivity contribution >= 4 is 11.9 Å². The number of carboxylic acid groups (broad SMARTS) is 1. The van der Waals surface area contributed by atoms with Crippen molar-refractivity contribution in [1.29, 1.82) is 0 Å². The van der Waals surface area contributed by atoms with Gasteiger partial charge < -0.3 is 15.2 Å². The highest BCUT2D eigenvalue weighted by Gasteiger charge is 2.24. The minimum atomic E-state index is -1.06. The Morgan fingerprint density at radius 2 is 2.11 bits per heavy atom. The molecule has 0 aromatic heterocycles. The van der Waals surface area contributed by atoms with Gasteiger partial charge in [-0.1, -0.05) is 30.3 Å². The zero-order chi connectivity index (χ0) is 13.7. The topological polar surface area (TPSA) is 75.6 Å². The van der Waals surface area contributed by atoms with E-state index >= 15 is 0 Å². The number of ether oxygens (including phenoxy) is 1. The van der Waals surface area contributed by atoms with Gasteiger partial charge in [-0.15, -0.1) is 0 Å². The van der Waals surface area contributed by atoms with Crippen LogP contribution in [0.5, 0.6) is 0 Å². The number of carbonyl (C=O) groups is 2. The first-order valence-electron chi connectivity index (χ1n) is 6.35. The highest BCUT2D eigenvalue weighted by Crippen LogP contribution is 2.17. The number of carboxylic acids is 1. The van der Waals surface area contributed by atoms with Gasteiger partial charge in [0.15, 0.2) is 6.04 Å². The van der Waals surface area contributed by atoms with E-state index < -0.39 is 12.0 Å². The Kier molecular flexibility index (Phi) is 4.52. The Hall–Kier alpha value is -1.88. The van der Waals surface area contributed by atoms with Crippen LogP contribution in [-0.2, 0) is 14.3 Å². The van der Waals surface area contributed by atoms with Crippen molar-refractivity contribution in [3.63, 3.8) is 0 Å². The van der Waals surface area contributed by atoms with Crippen molar-refractivity contribution in [2.45, 2.75) is 31.4 Å². The number of hydrogen-bond donors (Lipinski definition) is 2. The SMILES string of the molecule is O=C(CC1CCCO1)N[C@@H](C(=O)O)c1ccccc1. The van der Waals surface area contributed by atoms with Crippen LogP contribution in [0.4, 0.5) is 0 Å². The molecule has 102 valence electrons. The second-order valence-corrected chi connectivity index (χ2v) is 4.59. The quantitative estimate of drug-likeness (QED) is 0.844. The Morgan fingerprint density at radius 3 is 2.68 bits per heavy atom. The van der Waals surface area contributed by atoms with Gasteiger partial charge in [0.05, 0.1) is 12.5 Å². The molecule has 1 aromatic rings. The van der Waals surface area contributed by atoms with Gasteiger partial charge in [0.2, 0.25) is 5.91 Å². The van der Waals surface area contributed by atoms with E-state index in [1.54, 1.807) is 30.3 Å². The van der Waals surface area contributed by atoms with E-state index in [4.69, 9.17) is 4.74 Å². The molecule has 1 saturated heterocycles. The molecular formula is C14H17NO4. The fourth-order valence-corrected chi connectivity index (χ4v) is 2.17. The van der Waals surface area contributed by atoms with Crippen molar-refractivity contribution in [1.82, 2.24) is 5.32 Å². The average Bonchev–Trinajstić information content (AvgIpc) is 2.89. The first kappa shape index (κ1) is 13.5. The minimum Gasteiger partial charge on any atom is -0.479 e. The normalized spacial score (nSPS) is 19.9.